The number of amides is 1. The molecular formula is C20H17N3O3. The summed E-state index contributed by atoms with van der Waals surface area (Å²) in [5, 5.41) is 4.37. The van der Waals surface area contributed by atoms with Crippen molar-refractivity contribution in [2.45, 2.75) is 12.5 Å². The van der Waals surface area contributed by atoms with Crippen LogP contribution in [0.25, 0.3) is 0 Å². The first-order valence-electron chi connectivity index (χ1n) is 8.59. The summed E-state index contributed by atoms with van der Waals surface area (Å²) in [5.74, 6) is 1.05. The summed E-state index contributed by atoms with van der Waals surface area (Å²) in [5.41, 5.74) is 2.60. The van der Waals surface area contributed by atoms with Gasteiger partial charge in [0.25, 0.3) is 5.91 Å². The molecule has 1 aromatic heterocycles. The van der Waals surface area contributed by atoms with Crippen LogP contribution in [0.1, 0.15) is 22.0 Å². The lowest BCUT2D eigenvalue weighted by Crippen LogP contribution is -2.41. The Morgan fingerprint density at radius 3 is 2.88 bits per heavy atom. The number of aromatic nitrogens is 2. The average molecular weight is 347 g/mol. The van der Waals surface area contributed by atoms with E-state index < -0.39 is 0 Å². The van der Waals surface area contributed by atoms with Crippen LogP contribution in [-0.2, 0) is 6.42 Å². The van der Waals surface area contributed by atoms with Gasteiger partial charge in [-0.15, -0.1) is 0 Å². The third kappa shape index (κ3) is 2.34. The van der Waals surface area contributed by atoms with E-state index in [1.807, 2.05) is 52.2 Å². The van der Waals surface area contributed by atoms with Gasteiger partial charge in [-0.05, 0) is 36.2 Å². The number of ether oxygens (including phenoxy) is 2. The van der Waals surface area contributed by atoms with Crippen molar-refractivity contribution in [3.63, 3.8) is 0 Å². The van der Waals surface area contributed by atoms with Crippen LogP contribution in [0, 0.1) is 0 Å². The summed E-state index contributed by atoms with van der Waals surface area (Å²) < 4.78 is 12.9. The van der Waals surface area contributed by atoms with Gasteiger partial charge in [0.05, 0.1) is 11.6 Å². The zero-order chi connectivity index (χ0) is 17.5. The highest BCUT2D eigenvalue weighted by Gasteiger charge is 2.32. The second-order valence-electron chi connectivity index (χ2n) is 6.43. The summed E-state index contributed by atoms with van der Waals surface area (Å²) in [6.07, 6.45) is 4.55. The highest BCUT2D eigenvalue weighted by molar-refractivity contribution is 6.09. The molecule has 0 aliphatic carbocycles. The number of fused-ring (bicyclic) bond motifs is 2. The molecule has 6 nitrogen and oxygen atoms in total. The molecule has 26 heavy (non-hydrogen) atoms. The van der Waals surface area contributed by atoms with Crippen LogP contribution < -0.4 is 14.4 Å². The van der Waals surface area contributed by atoms with Gasteiger partial charge in [0.1, 0.15) is 0 Å². The molecule has 3 aromatic rings. The standard InChI is InChI=1S/C20H17N3O3/c24-20(16-6-3-8-18-19(16)26-13-25-18)22-12-15(23-10-4-9-21-23)11-14-5-1-2-7-17(14)22/h1-10,15H,11-13H2. The van der Waals surface area contributed by atoms with E-state index in [2.05, 4.69) is 11.2 Å². The Kier molecular flexibility index (Phi) is 3.41. The van der Waals surface area contributed by atoms with Crippen LogP contribution in [0.2, 0.25) is 0 Å². The number of para-hydroxylation sites is 2. The van der Waals surface area contributed by atoms with Crippen molar-refractivity contribution < 1.29 is 14.3 Å². The predicted molar refractivity (Wildman–Crippen MR) is 95.7 cm³/mol. The van der Waals surface area contributed by atoms with E-state index in [0.717, 1.165) is 17.7 Å². The van der Waals surface area contributed by atoms with Gasteiger partial charge in [0, 0.05) is 24.6 Å². The molecule has 0 bridgehead atoms. The van der Waals surface area contributed by atoms with Crippen LogP contribution >= 0.6 is 0 Å². The van der Waals surface area contributed by atoms with Gasteiger partial charge in [-0.1, -0.05) is 24.3 Å². The first-order valence-corrected chi connectivity index (χ1v) is 8.59. The Hall–Kier alpha value is -3.28. The number of anilines is 1. The Bertz CT molecular complexity index is 968. The van der Waals surface area contributed by atoms with E-state index in [4.69, 9.17) is 9.47 Å². The van der Waals surface area contributed by atoms with Crippen LogP contribution in [-0.4, -0.2) is 29.0 Å². The fraction of sp³-hybridized carbons (Fsp3) is 0.200. The van der Waals surface area contributed by atoms with E-state index in [0.29, 0.717) is 23.6 Å². The quantitative estimate of drug-likeness (QED) is 0.715. The second-order valence-corrected chi connectivity index (χ2v) is 6.43. The van der Waals surface area contributed by atoms with Crippen molar-refractivity contribution in [3.8, 4) is 11.5 Å². The molecule has 3 heterocycles. The van der Waals surface area contributed by atoms with Crippen molar-refractivity contribution in [2.75, 3.05) is 18.2 Å². The molecule has 6 heteroatoms. The maximum absolute atomic E-state index is 13.4. The molecule has 2 aromatic carbocycles. The molecule has 0 fully saturated rings. The Morgan fingerprint density at radius 2 is 2.00 bits per heavy atom. The van der Waals surface area contributed by atoms with Gasteiger partial charge in [-0.25, -0.2) is 0 Å². The normalized spacial score (nSPS) is 17.8. The van der Waals surface area contributed by atoms with Crippen molar-refractivity contribution in [1.29, 1.82) is 0 Å². The van der Waals surface area contributed by atoms with Crippen molar-refractivity contribution in [1.82, 2.24) is 9.78 Å². The zero-order valence-electron chi connectivity index (χ0n) is 14.0. The average Bonchev–Trinajstić information content (AvgIpc) is 3.38. The third-order valence-corrected chi connectivity index (χ3v) is 4.90. The molecule has 2 aliphatic rings. The molecule has 0 radical (unpaired) electrons. The van der Waals surface area contributed by atoms with Crippen LogP contribution in [0.5, 0.6) is 11.5 Å². The minimum atomic E-state index is -0.0864. The predicted octanol–water partition coefficient (Wildman–Crippen LogP) is 3.06. The van der Waals surface area contributed by atoms with Gasteiger partial charge < -0.3 is 14.4 Å². The van der Waals surface area contributed by atoms with E-state index in [-0.39, 0.29) is 18.7 Å². The smallest absolute Gasteiger partial charge is 0.262 e. The Morgan fingerprint density at radius 1 is 1.08 bits per heavy atom. The number of hydrogen-bond acceptors (Lipinski definition) is 4. The largest absolute Gasteiger partial charge is 0.454 e. The molecule has 0 saturated carbocycles. The SMILES string of the molecule is O=C(c1cccc2c1OCO2)N1CC(n2cccn2)Cc2ccccc21. The highest BCUT2D eigenvalue weighted by atomic mass is 16.7. The van der Waals surface area contributed by atoms with Gasteiger partial charge in [-0.2, -0.15) is 5.10 Å². The Labute approximate surface area is 150 Å². The molecule has 0 spiro atoms. The minimum absolute atomic E-state index is 0.0864. The fourth-order valence-corrected chi connectivity index (χ4v) is 3.68. The number of nitrogens with zero attached hydrogens (tertiary/aromatic N) is 3. The summed E-state index contributed by atoms with van der Waals surface area (Å²) in [6, 6.07) is 15.5. The minimum Gasteiger partial charge on any atom is -0.454 e. The number of benzene rings is 2. The van der Waals surface area contributed by atoms with Crippen LogP contribution in [0.15, 0.2) is 60.9 Å². The molecule has 5 rings (SSSR count). The van der Waals surface area contributed by atoms with E-state index >= 15 is 0 Å². The Balaban J connectivity index is 1.57. The molecule has 1 amide bonds. The van der Waals surface area contributed by atoms with Crippen molar-refractivity contribution in [3.05, 3.63) is 72.1 Å². The maximum Gasteiger partial charge on any atom is 0.262 e. The number of carbonyl (C=O) groups is 1. The van der Waals surface area contributed by atoms with Crippen molar-refractivity contribution in [2.24, 2.45) is 0 Å². The van der Waals surface area contributed by atoms with Gasteiger partial charge >= 0.3 is 0 Å². The fourth-order valence-electron chi connectivity index (χ4n) is 3.68. The molecule has 130 valence electrons. The number of hydrogen-bond donors (Lipinski definition) is 0. The maximum atomic E-state index is 13.4. The molecular weight excluding hydrogens is 330 g/mol. The lowest BCUT2D eigenvalue weighted by Gasteiger charge is -2.35. The number of carbonyl (C=O) groups excluding carboxylic acids is 1. The lowest BCUT2D eigenvalue weighted by molar-refractivity contribution is 0.0975. The molecule has 1 unspecified atom stereocenters. The van der Waals surface area contributed by atoms with Gasteiger partial charge in [0.2, 0.25) is 6.79 Å². The van der Waals surface area contributed by atoms with Gasteiger partial charge in [0.15, 0.2) is 11.5 Å². The molecule has 1 atom stereocenters. The van der Waals surface area contributed by atoms with Crippen molar-refractivity contribution >= 4 is 11.6 Å². The van der Waals surface area contributed by atoms with Gasteiger partial charge in [-0.3, -0.25) is 9.48 Å². The first kappa shape index (κ1) is 15.0. The topological polar surface area (TPSA) is 56.6 Å². The first-order chi connectivity index (χ1) is 12.8. The van der Waals surface area contributed by atoms with E-state index in [1.54, 1.807) is 12.3 Å². The second kappa shape index (κ2) is 5.91. The lowest BCUT2D eigenvalue weighted by atomic mass is 9.97. The summed E-state index contributed by atoms with van der Waals surface area (Å²) in [6.45, 7) is 0.703. The molecule has 0 saturated heterocycles. The summed E-state index contributed by atoms with van der Waals surface area (Å²) >= 11 is 0. The summed E-state index contributed by atoms with van der Waals surface area (Å²) in [4.78, 5) is 15.2. The zero-order valence-corrected chi connectivity index (χ0v) is 14.0. The monoisotopic (exact) mass is 347 g/mol. The summed E-state index contributed by atoms with van der Waals surface area (Å²) in [7, 11) is 0. The van der Waals surface area contributed by atoms with Crippen LogP contribution in [0.4, 0.5) is 5.69 Å². The number of rotatable bonds is 2. The molecule has 0 N–H and O–H groups in total. The van der Waals surface area contributed by atoms with E-state index in [1.165, 1.54) is 0 Å². The molecule has 2 aliphatic heterocycles. The third-order valence-electron chi connectivity index (χ3n) is 4.90. The van der Waals surface area contributed by atoms with E-state index in [9.17, 15) is 4.79 Å². The van der Waals surface area contributed by atoms with Crippen LogP contribution in [0.3, 0.4) is 0 Å². The highest BCUT2D eigenvalue weighted by Crippen LogP contribution is 2.38.